The van der Waals surface area contributed by atoms with Crippen molar-refractivity contribution in [1.29, 1.82) is 0 Å². The van der Waals surface area contributed by atoms with Gasteiger partial charge in [-0.25, -0.2) is 9.78 Å². The molecule has 0 aliphatic carbocycles. The van der Waals surface area contributed by atoms with E-state index in [4.69, 9.17) is 4.74 Å². The number of aromatic hydroxyl groups is 1. The fourth-order valence-corrected chi connectivity index (χ4v) is 7.07. The Balaban J connectivity index is 1.21. The van der Waals surface area contributed by atoms with Crippen molar-refractivity contribution in [3.8, 4) is 5.75 Å². The molecule has 4 amide bonds. The number of carbonyl (C=O) groups excluding carboxylic acids is 5. The van der Waals surface area contributed by atoms with Crippen LogP contribution in [0, 0.1) is 0 Å². The lowest BCUT2D eigenvalue weighted by Gasteiger charge is -2.49. The number of ether oxygens (including phenoxy) is 1. The van der Waals surface area contributed by atoms with Crippen molar-refractivity contribution in [3.05, 3.63) is 69.3 Å². The van der Waals surface area contributed by atoms with Gasteiger partial charge in [0.05, 0.1) is 5.39 Å². The number of nitrogens with zero attached hydrogens (tertiary/aromatic N) is 5. The highest BCUT2D eigenvalue weighted by atomic mass is 32.2. The summed E-state index contributed by atoms with van der Waals surface area (Å²) in [5.41, 5.74) is -0.786. The van der Waals surface area contributed by atoms with Crippen LogP contribution in [0.25, 0.3) is 11.0 Å². The zero-order valence-electron chi connectivity index (χ0n) is 26.3. The van der Waals surface area contributed by atoms with Gasteiger partial charge in [-0.15, -0.1) is 11.8 Å². The number of phenols is 1. The van der Waals surface area contributed by atoms with Gasteiger partial charge in [0.15, 0.2) is 0 Å². The van der Waals surface area contributed by atoms with Gasteiger partial charge in [-0.1, -0.05) is 12.1 Å². The minimum atomic E-state index is -1.45. The van der Waals surface area contributed by atoms with E-state index in [0.29, 0.717) is 32.1 Å². The second kappa shape index (κ2) is 13.9. The maximum atomic E-state index is 13.7. The average Bonchev–Trinajstić information content (AvgIpc) is 3.11. The summed E-state index contributed by atoms with van der Waals surface area (Å²) in [6, 6.07) is 2.73. The Morgan fingerprint density at radius 3 is 2.52 bits per heavy atom. The molecule has 5 heterocycles. The molecule has 3 aliphatic rings. The van der Waals surface area contributed by atoms with Crippen LogP contribution in [-0.2, 0) is 28.7 Å². The van der Waals surface area contributed by atoms with E-state index in [0.717, 1.165) is 29.3 Å². The number of carbonyl (C=O) groups is 6. The molecule has 6 rings (SSSR count). The third-order valence-corrected chi connectivity index (χ3v) is 9.71. The average molecular weight is 707 g/mol. The first-order valence-corrected chi connectivity index (χ1v) is 16.3. The van der Waals surface area contributed by atoms with Crippen LogP contribution < -0.4 is 21.0 Å². The van der Waals surface area contributed by atoms with Crippen LogP contribution in [0.2, 0.25) is 0 Å². The lowest BCUT2D eigenvalue weighted by Crippen LogP contribution is -2.71. The number of benzene rings is 1. The van der Waals surface area contributed by atoms with Crippen LogP contribution in [0.1, 0.15) is 28.9 Å². The number of aromatic nitrogens is 3. The largest absolute Gasteiger partial charge is 0.508 e. The van der Waals surface area contributed by atoms with Gasteiger partial charge in [0.25, 0.3) is 11.8 Å². The Hall–Kier alpha value is -5.98. The Kier molecular flexibility index (Phi) is 9.40. The number of esters is 1. The number of β-lactam (4-membered cyclic amide) rings is 1. The molecule has 2 saturated heterocycles. The van der Waals surface area contributed by atoms with Crippen LogP contribution in [0.4, 0.5) is 5.95 Å². The van der Waals surface area contributed by atoms with Crippen LogP contribution in [-0.4, -0.2) is 121 Å². The van der Waals surface area contributed by atoms with E-state index in [1.165, 1.54) is 37.4 Å². The van der Waals surface area contributed by atoms with Gasteiger partial charge in [0.1, 0.15) is 46.7 Å². The third kappa shape index (κ3) is 6.53. The predicted molar refractivity (Wildman–Crippen MR) is 175 cm³/mol. The highest BCUT2D eigenvalue weighted by Gasteiger charge is 2.54. The minimum absolute atomic E-state index is 0.0170. The zero-order valence-corrected chi connectivity index (χ0v) is 27.1. The van der Waals surface area contributed by atoms with Crippen molar-refractivity contribution in [2.24, 2.45) is 0 Å². The van der Waals surface area contributed by atoms with Crippen LogP contribution in [0.3, 0.4) is 0 Å². The van der Waals surface area contributed by atoms with Crippen molar-refractivity contribution >= 4 is 64.8 Å². The molecule has 260 valence electrons. The van der Waals surface area contributed by atoms with Crippen LogP contribution >= 0.6 is 11.8 Å². The summed E-state index contributed by atoms with van der Waals surface area (Å²) in [7, 11) is 0. The molecule has 3 aromatic rings. The van der Waals surface area contributed by atoms with Gasteiger partial charge in [0.2, 0.25) is 23.7 Å². The number of H-pyrrole nitrogens is 1. The number of aromatic amines is 1. The van der Waals surface area contributed by atoms with Crippen LogP contribution in [0.5, 0.6) is 5.75 Å². The molecule has 0 spiro atoms. The number of piperazine rings is 1. The lowest BCUT2D eigenvalue weighted by atomic mass is 10.0. The molecule has 0 bridgehead atoms. The number of fused-ring (bicyclic) bond motifs is 2. The first kappa shape index (κ1) is 33.9. The molecule has 2 aromatic heterocycles. The molecule has 50 heavy (non-hydrogen) atoms. The van der Waals surface area contributed by atoms with Gasteiger partial charge in [-0.2, -0.15) is 4.98 Å². The maximum Gasteiger partial charge on any atom is 0.352 e. The van der Waals surface area contributed by atoms with Crippen molar-refractivity contribution in [2.75, 3.05) is 43.4 Å². The molecule has 18 nitrogen and oxygen atoms in total. The molecule has 3 aliphatic heterocycles. The molecular formula is C31H30N8O10S. The van der Waals surface area contributed by atoms with Gasteiger partial charge in [0, 0.05) is 56.8 Å². The number of nitrogens with one attached hydrogen (secondary N) is 3. The SMILES string of the molecule is CC(=O)OCC1=C(C(=O)O)N2C(=O)C(NC(=O)C(NC(=O)c3c[nH]c4nc(N5CCN(C=O)CC5)ncc4c3=O)c3ccc(O)cc3)[C@@H]2SC1. The summed E-state index contributed by atoms with van der Waals surface area (Å²) < 4.78 is 4.94. The summed E-state index contributed by atoms with van der Waals surface area (Å²) in [5, 5.41) is 24.0. The fourth-order valence-electron chi connectivity index (χ4n) is 5.74. The standard InChI is InChI=1S/C31H30N8O10S/c1-15(41)49-12-17-13-50-29-22(28(46)39(29)23(17)30(47)48)35-27(45)21(16-2-4-18(42)5-3-16)34-26(44)20-11-32-25-19(24(20)43)10-33-31(36-25)38-8-6-37(14-40)7-9-38/h2-5,10-11,14,21-22,29,42H,6-9,12-13H2,1H3,(H,34,44)(H,35,45)(H,47,48)(H,32,33,36,43)/t21?,22?,29-/m0/s1. The fraction of sp³-hybridized carbons (Fsp3) is 0.323. The number of pyridine rings is 1. The van der Waals surface area contributed by atoms with Gasteiger partial charge in [-0.05, 0) is 17.7 Å². The number of amides is 4. The number of thioether (sulfide) groups is 1. The topological polar surface area (TPSA) is 245 Å². The van der Waals surface area contributed by atoms with Gasteiger partial charge < -0.3 is 40.4 Å². The number of carboxylic acid groups (broad SMARTS) is 1. The van der Waals surface area contributed by atoms with E-state index in [2.05, 4.69) is 25.6 Å². The first-order chi connectivity index (χ1) is 24.0. The Morgan fingerprint density at radius 2 is 1.86 bits per heavy atom. The predicted octanol–water partition coefficient (Wildman–Crippen LogP) is -0.925. The Labute approximate surface area is 286 Å². The van der Waals surface area contributed by atoms with Gasteiger partial charge >= 0.3 is 11.9 Å². The van der Waals surface area contributed by atoms with Gasteiger partial charge in [-0.3, -0.25) is 33.7 Å². The maximum absolute atomic E-state index is 13.7. The number of hydrogen-bond acceptors (Lipinski definition) is 13. The van der Waals surface area contributed by atoms with Crippen LogP contribution in [0.15, 0.2) is 52.7 Å². The summed E-state index contributed by atoms with van der Waals surface area (Å²) >= 11 is 1.16. The molecule has 2 fully saturated rings. The molecule has 19 heteroatoms. The number of hydrogen-bond donors (Lipinski definition) is 5. The summed E-state index contributed by atoms with van der Waals surface area (Å²) in [6.45, 7) is 2.82. The van der Waals surface area contributed by atoms with E-state index in [1.807, 2.05) is 4.90 Å². The van der Waals surface area contributed by atoms with Crippen molar-refractivity contribution in [3.63, 3.8) is 0 Å². The highest BCUT2D eigenvalue weighted by Crippen LogP contribution is 2.40. The molecule has 2 unspecified atom stereocenters. The second-order valence-electron chi connectivity index (χ2n) is 11.5. The molecular weight excluding hydrogens is 676 g/mol. The first-order valence-electron chi connectivity index (χ1n) is 15.2. The van der Waals surface area contributed by atoms with Crippen molar-refractivity contribution in [1.82, 2.24) is 35.4 Å². The van der Waals surface area contributed by atoms with E-state index >= 15 is 0 Å². The number of carboxylic acids is 1. The number of phenolic OH excluding ortho intramolecular Hbond substituents is 1. The summed E-state index contributed by atoms with van der Waals surface area (Å²) in [6.07, 6.45) is 3.22. The lowest BCUT2D eigenvalue weighted by molar-refractivity contribution is -0.151. The smallest absolute Gasteiger partial charge is 0.352 e. The number of rotatable bonds is 10. The van der Waals surface area contributed by atoms with E-state index in [-0.39, 0.29) is 51.5 Å². The number of aliphatic carboxylic acids is 1. The third-order valence-electron chi connectivity index (χ3n) is 8.37. The molecule has 0 saturated carbocycles. The minimum Gasteiger partial charge on any atom is -0.508 e. The van der Waals surface area contributed by atoms with Crippen molar-refractivity contribution in [2.45, 2.75) is 24.4 Å². The van der Waals surface area contributed by atoms with E-state index in [9.17, 15) is 43.8 Å². The molecule has 5 N–H and O–H groups in total. The van der Waals surface area contributed by atoms with Crippen molar-refractivity contribution < 1.29 is 43.7 Å². The quantitative estimate of drug-likeness (QED) is 0.0973. The zero-order chi connectivity index (χ0) is 35.7. The second-order valence-corrected chi connectivity index (χ2v) is 12.6. The Bertz CT molecular complexity index is 1990. The summed E-state index contributed by atoms with van der Waals surface area (Å²) in [5.74, 6) is -4.18. The highest BCUT2D eigenvalue weighted by molar-refractivity contribution is 8.00. The van der Waals surface area contributed by atoms with E-state index < -0.39 is 52.5 Å². The number of anilines is 1. The molecule has 1 aromatic carbocycles. The monoisotopic (exact) mass is 706 g/mol. The molecule has 0 radical (unpaired) electrons. The summed E-state index contributed by atoms with van der Waals surface area (Å²) in [4.78, 5) is 104. The van der Waals surface area contributed by atoms with E-state index in [1.54, 1.807) is 4.90 Å². The normalized spacial score (nSPS) is 19.3. The Morgan fingerprint density at radius 1 is 1.14 bits per heavy atom. The molecule has 3 atom stereocenters.